The molecule has 3 saturated carbocycles. The normalized spacial score (nSPS) is 32.8. The summed E-state index contributed by atoms with van der Waals surface area (Å²) in [4.78, 5) is 0. The number of hydrogen-bond acceptors (Lipinski definition) is 1. The van der Waals surface area contributed by atoms with Gasteiger partial charge in [0.15, 0.2) is 11.6 Å². The monoisotopic (exact) mass is 444 g/mol. The molecular weight excluding hydrogens is 402 g/mol. The lowest BCUT2D eigenvalue weighted by Gasteiger charge is -2.45. The molecule has 0 aromatic heterocycles. The first-order chi connectivity index (χ1) is 15.6. The zero-order chi connectivity index (χ0) is 22.5. The van der Waals surface area contributed by atoms with Crippen molar-refractivity contribution in [3.8, 4) is 5.75 Å². The molecule has 4 rings (SSSR count). The Morgan fingerprint density at radius 1 is 0.875 bits per heavy atom. The standard InChI is InChI=1S/C29H42F2O/c1-3-5-6-20-7-9-21(10-8-20)22-11-12-24-19-25(14-13-23(24)18-22)26-15-16-27(32-17-4-2)29(31)28(26)30/h4,15-16,20-25H,2-3,5-14,17-19H2,1H3. The van der Waals surface area contributed by atoms with Crippen molar-refractivity contribution in [2.24, 2.45) is 29.6 Å². The largest absolute Gasteiger partial charge is 0.486 e. The molecule has 4 unspecified atom stereocenters. The maximum Gasteiger partial charge on any atom is 0.200 e. The van der Waals surface area contributed by atoms with Gasteiger partial charge < -0.3 is 4.74 Å². The molecule has 0 amide bonds. The van der Waals surface area contributed by atoms with Gasteiger partial charge in [0.1, 0.15) is 6.61 Å². The summed E-state index contributed by atoms with van der Waals surface area (Å²) in [6.07, 6.45) is 18.7. The summed E-state index contributed by atoms with van der Waals surface area (Å²) < 4.78 is 34.6. The van der Waals surface area contributed by atoms with Crippen LogP contribution >= 0.6 is 0 Å². The van der Waals surface area contributed by atoms with Crippen LogP contribution in [-0.4, -0.2) is 6.61 Å². The van der Waals surface area contributed by atoms with Crippen LogP contribution in [0.5, 0.6) is 5.75 Å². The zero-order valence-electron chi connectivity index (χ0n) is 20.0. The van der Waals surface area contributed by atoms with Gasteiger partial charge in [-0.05, 0) is 98.5 Å². The average Bonchev–Trinajstić information content (AvgIpc) is 2.83. The topological polar surface area (TPSA) is 9.23 Å². The fourth-order valence-corrected chi connectivity index (χ4v) is 7.20. The van der Waals surface area contributed by atoms with Crippen LogP contribution in [0.4, 0.5) is 8.78 Å². The Labute approximate surface area is 194 Å². The Morgan fingerprint density at radius 2 is 1.53 bits per heavy atom. The van der Waals surface area contributed by atoms with E-state index in [-0.39, 0.29) is 18.3 Å². The number of ether oxygens (including phenoxy) is 1. The van der Waals surface area contributed by atoms with Gasteiger partial charge >= 0.3 is 0 Å². The van der Waals surface area contributed by atoms with E-state index < -0.39 is 11.6 Å². The Bertz CT molecular complexity index is 752. The predicted octanol–water partition coefficient (Wildman–Crippen LogP) is 8.83. The van der Waals surface area contributed by atoms with Gasteiger partial charge in [-0.25, -0.2) is 4.39 Å². The first kappa shape index (κ1) is 23.8. The summed E-state index contributed by atoms with van der Waals surface area (Å²) in [6, 6.07) is 3.35. The fourth-order valence-electron chi connectivity index (χ4n) is 7.20. The molecule has 0 bridgehead atoms. The third-order valence-electron chi connectivity index (χ3n) is 9.05. The molecule has 0 heterocycles. The minimum Gasteiger partial charge on any atom is -0.486 e. The second kappa shape index (κ2) is 11.2. The Kier molecular flexibility index (Phi) is 8.29. The summed E-state index contributed by atoms with van der Waals surface area (Å²) in [5.41, 5.74) is 0.555. The van der Waals surface area contributed by atoms with Crippen molar-refractivity contribution in [2.45, 2.75) is 96.3 Å². The molecule has 3 heteroatoms. The van der Waals surface area contributed by atoms with E-state index in [1.54, 1.807) is 18.2 Å². The molecule has 3 fully saturated rings. The highest BCUT2D eigenvalue weighted by molar-refractivity contribution is 5.33. The molecule has 0 saturated heterocycles. The highest BCUT2D eigenvalue weighted by Gasteiger charge is 2.39. The number of unbranched alkanes of at least 4 members (excludes halogenated alkanes) is 1. The highest BCUT2D eigenvalue weighted by Crippen LogP contribution is 2.51. The van der Waals surface area contributed by atoms with Crippen molar-refractivity contribution in [3.05, 3.63) is 42.0 Å². The van der Waals surface area contributed by atoms with Crippen LogP contribution in [0, 0.1) is 41.2 Å². The van der Waals surface area contributed by atoms with E-state index in [2.05, 4.69) is 13.5 Å². The zero-order valence-corrected chi connectivity index (χ0v) is 20.0. The molecule has 1 nitrogen and oxygen atoms in total. The molecule has 3 aliphatic rings. The maximum absolute atomic E-state index is 14.8. The highest BCUT2D eigenvalue weighted by atomic mass is 19.2. The van der Waals surface area contributed by atoms with Crippen LogP contribution in [0.2, 0.25) is 0 Å². The fraction of sp³-hybridized carbons (Fsp3) is 0.724. The molecule has 4 atom stereocenters. The smallest absolute Gasteiger partial charge is 0.200 e. The molecule has 0 N–H and O–H groups in total. The van der Waals surface area contributed by atoms with E-state index >= 15 is 0 Å². The van der Waals surface area contributed by atoms with Gasteiger partial charge in [-0.2, -0.15) is 4.39 Å². The third-order valence-corrected chi connectivity index (χ3v) is 9.05. The maximum atomic E-state index is 14.8. The lowest BCUT2D eigenvalue weighted by atomic mass is 9.60. The van der Waals surface area contributed by atoms with Crippen molar-refractivity contribution in [1.29, 1.82) is 0 Å². The molecule has 0 radical (unpaired) electrons. The first-order valence-electron chi connectivity index (χ1n) is 13.3. The molecule has 1 aromatic carbocycles. The second-order valence-corrected chi connectivity index (χ2v) is 10.9. The lowest BCUT2D eigenvalue weighted by Crippen LogP contribution is -2.34. The number of fused-ring (bicyclic) bond motifs is 1. The first-order valence-corrected chi connectivity index (χ1v) is 13.3. The molecule has 32 heavy (non-hydrogen) atoms. The molecule has 1 aromatic rings. The van der Waals surface area contributed by atoms with Crippen LogP contribution in [0.15, 0.2) is 24.8 Å². The van der Waals surface area contributed by atoms with E-state index in [4.69, 9.17) is 4.74 Å². The number of halogens is 2. The van der Waals surface area contributed by atoms with Crippen LogP contribution in [0.3, 0.4) is 0 Å². The Hall–Kier alpha value is -1.38. The number of rotatable bonds is 8. The minimum absolute atomic E-state index is 0.00948. The van der Waals surface area contributed by atoms with Crippen molar-refractivity contribution in [2.75, 3.05) is 6.61 Å². The van der Waals surface area contributed by atoms with Crippen molar-refractivity contribution >= 4 is 0 Å². The molecule has 0 spiro atoms. The van der Waals surface area contributed by atoms with E-state index in [1.807, 2.05) is 0 Å². The SMILES string of the molecule is C=CCOc1ccc(C2CCC3CC(C4CCC(CCCC)CC4)CCC3C2)c(F)c1F. The second-order valence-electron chi connectivity index (χ2n) is 10.9. The van der Waals surface area contributed by atoms with Crippen LogP contribution < -0.4 is 4.74 Å². The quantitative estimate of drug-likeness (QED) is 0.364. The summed E-state index contributed by atoms with van der Waals surface area (Å²) in [5.74, 6) is 2.91. The van der Waals surface area contributed by atoms with E-state index in [9.17, 15) is 8.78 Å². The van der Waals surface area contributed by atoms with Crippen LogP contribution in [0.1, 0.15) is 102 Å². The minimum atomic E-state index is -0.843. The van der Waals surface area contributed by atoms with E-state index in [0.29, 0.717) is 11.5 Å². The summed E-state index contributed by atoms with van der Waals surface area (Å²) in [5, 5.41) is 0. The Morgan fingerprint density at radius 3 is 2.25 bits per heavy atom. The predicted molar refractivity (Wildman–Crippen MR) is 128 cm³/mol. The van der Waals surface area contributed by atoms with E-state index in [1.165, 1.54) is 70.6 Å². The van der Waals surface area contributed by atoms with Crippen molar-refractivity contribution in [3.63, 3.8) is 0 Å². The molecular formula is C29H42F2O. The van der Waals surface area contributed by atoms with Gasteiger partial charge in [-0.1, -0.05) is 57.7 Å². The summed E-state index contributed by atoms with van der Waals surface area (Å²) in [7, 11) is 0. The van der Waals surface area contributed by atoms with Gasteiger partial charge in [0.2, 0.25) is 5.82 Å². The van der Waals surface area contributed by atoms with Gasteiger partial charge in [-0.15, -0.1) is 0 Å². The number of benzene rings is 1. The molecule has 0 aliphatic heterocycles. The lowest BCUT2D eigenvalue weighted by molar-refractivity contribution is 0.0705. The molecule has 178 valence electrons. The van der Waals surface area contributed by atoms with E-state index in [0.717, 1.165) is 36.5 Å². The summed E-state index contributed by atoms with van der Waals surface area (Å²) >= 11 is 0. The van der Waals surface area contributed by atoms with Crippen LogP contribution in [0.25, 0.3) is 0 Å². The van der Waals surface area contributed by atoms with Crippen molar-refractivity contribution < 1.29 is 13.5 Å². The molecule has 3 aliphatic carbocycles. The average molecular weight is 445 g/mol. The number of hydrogen-bond donors (Lipinski definition) is 0. The van der Waals surface area contributed by atoms with Crippen LogP contribution in [-0.2, 0) is 0 Å². The summed E-state index contributed by atoms with van der Waals surface area (Å²) in [6.45, 7) is 6.05. The Balaban J connectivity index is 1.31. The van der Waals surface area contributed by atoms with Gasteiger partial charge in [0, 0.05) is 0 Å². The third kappa shape index (κ3) is 5.39. The van der Waals surface area contributed by atoms with Gasteiger partial charge in [0.25, 0.3) is 0 Å². The van der Waals surface area contributed by atoms with Gasteiger partial charge in [-0.3, -0.25) is 0 Å². The van der Waals surface area contributed by atoms with Gasteiger partial charge in [0.05, 0.1) is 0 Å². The van der Waals surface area contributed by atoms with Crippen molar-refractivity contribution in [1.82, 2.24) is 0 Å².